The van der Waals surface area contributed by atoms with E-state index in [1.165, 1.54) is 37.7 Å². The van der Waals surface area contributed by atoms with Gasteiger partial charge in [0.15, 0.2) is 6.29 Å². The summed E-state index contributed by atoms with van der Waals surface area (Å²) in [6.07, 6.45) is 11.7. The quantitative estimate of drug-likeness (QED) is 0.762. The number of nitrogens with one attached hydrogen (secondary N) is 1. The molecule has 0 saturated carbocycles. The Morgan fingerprint density at radius 1 is 1.22 bits per heavy atom. The number of ether oxygens (including phenoxy) is 2. The van der Waals surface area contributed by atoms with Gasteiger partial charge in [0, 0.05) is 6.54 Å². The number of amides is 1. The molecule has 3 rings (SSSR count). The molecule has 5 heteroatoms. The largest absolute Gasteiger partial charge is 0.355 e. The van der Waals surface area contributed by atoms with Crippen LogP contribution < -0.4 is 5.32 Å². The smallest absolute Gasteiger partial charge is 0.234 e. The Morgan fingerprint density at radius 2 is 2.09 bits per heavy atom. The summed E-state index contributed by atoms with van der Waals surface area (Å²) >= 11 is 0. The average Bonchev–Trinajstić information content (AvgIpc) is 3.11. The Morgan fingerprint density at radius 3 is 2.87 bits per heavy atom. The number of piperidine rings is 1. The van der Waals surface area contributed by atoms with Gasteiger partial charge in [-0.05, 0) is 51.5 Å². The lowest BCUT2D eigenvalue weighted by molar-refractivity contribution is -0.131. The predicted octanol–water partition coefficient (Wildman–Crippen LogP) is 2.22. The molecule has 0 spiro atoms. The molecule has 130 valence electrons. The number of allylic oxidation sites excluding steroid dienone is 1. The first-order chi connectivity index (χ1) is 11.3. The van der Waals surface area contributed by atoms with Crippen molar-refractivity contribution in [2.45, 2.75) is 63.7 Å². The van der Waals surface area contributed by atoms with Crippen LogP contribution in [0.5, 0.6) is 0 Å². The van der Waals surface area contributed by atoms with E-state index >= 15 is 0 Å². The maximum absolute atomic E-state index is 12.3. The second-order valence-corrected chi connectivity index (χ2v) is 6.85. The molecule has 2 heterocycles. The van der Waals surface area contributed by atoms with Gasteiger partial charge in [0.2, 0.25) is 5.91 Å². The van der Waals surface area contributed by atoms with Crippen LogP contribution in [0.1, 0.15) is 51.4 Å². The molecule has 0 aromatic carbocycles. The van der Waals surface area contributed by atoms with E-state index in [9.17, 15) is 4.79 Å². The summed E-state index contributed by atoms with van der Waals surface area (Å²) in [5.74, 6) is 0.131. The molecule has 2 saturated heterocycles. The van der Waals surface area contributed by atoms with Crippen molar-refractivity contribution >= 4 is 5.91 Å². The monoisotopic (exact) mass is 322 g/mol. The van der Waals surface area contributed by atoms with Crippen molar-refractivity contribution in [1.82, 2.24) is 10.2 Å². The molecule has 2 aliphatic heterocycles. The van der Waals surface area contributed by atoms with Crippen LogP contribution in [0.4, 0.5) is 0 Å². The molecule has 0 aromatic heterocycles. The maximum atomic E-state index is 12.3. The minimum atomic E-state index is -0.143. The van der Waals surface area contributed by atoms with E-state index in [2.05, 4.69) is 16.3 Å². The number of rotatable bonds is 6. The van der Waals surface area contributed by atoms with Crippen LogP contribution in [-0.4, -0.2) is 56.0 Å². The zero-order chi connectivity index (χ0) is 15.9. The molecular weight excluding hydrogens is 292 g/mol. The lowest BCUT2D eigenvalue weighted by Crippen LogP contribution is -2.51. The zero-order valence-electron chi connectivity index (χ0n) is 14.1. The fourth-order valence-electron chi connectivity index (χ4n) is 3.85. The van der Waals surface area contributed by atoms with Gasteiger partial charge in [0.05, 0.1) is 25.8 Å². The first-order valence-corrected chi connectivity index (χ1v) is 9.25. The third kappa shape index (κ3) is 5.03. The van der Waals surface area contributed by atoms with Gasteiger partial charge in [-0.2, -0.15) is 0 Å². The third-order valence-corrected chi connectivity index (χ3v) is 5.13. The van der Waals surface area contributed by atoms with Crippen LogP contribution in [0.25, 0.3) is 0 Å². The molecule has 1 unspecified atom stereocenters. The van der Waals surface area contributed by atoms with Crippen LogP contribution in [0.2, 0.25) is 0 Å². The van der Waals surface area contributed by atoms with Gasteiger partial charge in [-0.3, -0.25) is 9.69 Å². The minimum absolute atomic E-state index is 0.131. The molecule has 0 aromatic rings. The molecule has 0 bridgehead atoms. The number of carbonyl (C=O) groups excluding carboxylic acids is 1. The first-order valence-electron chi connectivity index (χ1n) is 9.25. The highest BCUT2D eigenvalue weighted by Gasteiger charge is 2.34. The van der Waals surface area contributed by atoms with E-state index in [-0.39, 0.29) is 18.2 Å². The van der Waals surface area contributed by atoms with Crippen molar-refractivity contribution in [1.29, 1.82) is 0 Å². The Balaban J connectivity index is 1.41. The molecule has 0 radical (unpaired) electrons. The summed E-state index contributed by atoms with van der Waals surface area (Å²) in [5.41, 5.74) is 1.51. The Labute approximate surface area is 139 Å². The van der Waals surface area contributed by atoms with Crippen LogP contribution in [0.3, 0.4) is 0 Å². The molecule has 5 nitrogen and oxygen atoms in total. The molecule has 1 N–H and O–H groups in total. The second-order valence-electron chi connectivity index (χ2n) is 6.85. The highest BCUT2D eigenvalue weighted by molar-refractivity contribution is 5.78. The average molecular weight is 322 g/mol. The van der Waals surface area contributed by atoms with E-state index in [1.807, 2.05) is 0 Å². The zero-order valence-corrected chi connectivity index (χ0v) is 14.1. The van der Waals surface area contributed by atoms with Gasteiger partial charge >= 0.3 is 0 Å². The van der Waals surface area contributed by atoms with Gasteiger partial charge in [-0.1, -0.05) is 18.1 Å². The summed E-state index contributed by atoms with van der Waals surface area (Å²) < 4.78 is 11.3. The first kappa shape index (κ1) is 16.9. The summed E-state index contributed by atoms with van der Waals surface area (Å²) in [5, 5.41) is 3.09. The highest BCUT2D eigenvalue weighted by Crippen LogP contribution is 2.24. The van der Waals surface area contributed by atoms with Gasteiger partial charge in [0.1, 0.15) is 0 Å². The van der Waals surface area contributed by atoms with Crippen LogP contribution in [-0.2, 0) is 14.3 Å². The third-order valence-electron chi connectivity index (χ3n) is 5.13. The number of nitrogens with zero attached hydrogens (tertiary/aromatic N) is 1. The Kier molecular flexibility index (Phi) is 6.48. The van der Waals surface area contributed by atoms with E-state index in [0.29, 0.717) is 19.8 Å². The van der Waals surface area contributed by atoms with Gasteiger partial charge in [-0.25, -0.2) is 0 Å². The summed E-state index contributed by atoms with van der Waals surface area (Å²) in [6, 6.07) is 0.234. The number of likely N-dealkylation sites (tertiary alicyclic amines) is 1. The topological polar surface area (TPSA) is 50.8 Å². The maximum Gasteiger partial charge on any atom is 0.234 e. The lowest BCUT2D eigenvalue weighted by atomic mass is 9.97. The van der Waals surface area contributed by atoms with Crippen LogP contribution in [0, 0.1) is 0 Å². The van der Waals surface area contributed by atoms with Gasteiger partial charge in [0.25, 0.3) is 0 Å². The van der Waals surface area contributed by atoms with Crippen molar-refractivity contribution in [2.75, 3.05) is 32.8 Å². The Hall–Kier alpha value is -0.910. The molecule has 23 heavy (non-hydrogen) atoms. The molecule has 1 atom stereocenters. The van der Waals surface area contributed by atoms with Crippen molar-refractivity contribution in [3.8, 4) is 0 Å². The number of hydrogen-bond donors (Lipinski definition) is 1. The fourth-order valence-corrected chi connectivity index (χ4v) is 3.85. The van der Waals surface area contributed by atoms with Crippen molar-refractivity contribution < 1.29 is 14.3 Å². The van der Waals surface area contributed by atoms with Crippen LogP contribution >= 0.6 is 0 Å². The molecule has 3 aliphatic rings. The minimum Gasteiger partial charge on any atom is -0.355 e. The highest BCUT2D eigenvalue weighted by atomic mass is 16.7. The van der Waals surface area contributed by atoms with E-state index in [4.69, 9.17) is 9.47 Å². The predicted molar refractivity (Wildman–Crippen MR) is 89.1 cm³/mol. The second kappa shape index (κ2) is 8.81. The van der Waals surface area contributed by atoms with Gasteiger partial charge in [-0.15, -0.1) is 0 Å². The standard InChI is InChI=1S/C18H30N2O3/c21-17(19-10-9-15-6-2-1-3-7-15)14-20-11-5-4-8-16(20)18-22-12-13-23-18/h6,16,18H,1-5,7-14H2,(H,19,21). The molecular formula is C18H30N2O3. The van der Waals surface area contributed by atoms with Crippen LogP contribution in [0.15, 0.2) is 11.6 Å². The van der Waals surface area contributed by atoms with E-state index in [1.54, 1.807) is 0 Å². The van der Waals surface area contributed by atoms with Crippen molar-refractivity contribution in [3.05, 3.63) is 11.6 Å². The van der Waals surface area contributed by atoms with Crippen molar-refractivity contribution in [2.24, 2.45) is 0 Å². The van der Waals surface area contributed by atoms with E-state index < -0.39 is 0 Å². The summed E-state index contributed by atoms with van der Waals surface area (Å²) in [4.78, 5) is 14.5. The fraction of sp³-hybridized carbons (Fsp3) is 0.833. The molecule has 1 amide bonds. The van der Waals surface area contributed by atoms with E-state index in [0.717, 1.165) is 32.4 Å². The Bertz CT molecular complexity index is 418. The number of carbonyl (C=O) groups is 1. The molecule has 2 fully saturated rings. The number of hydrogen-bond acceptors (Lipinski definition) is 4. The summed E-state index contributed by atoms with van der Waals surface area (Å²) in [7, 11) is 0. The lowest BCUT2D eigenvalue weighted by Gasteiger charge is -2.37. The molecule has 1 aliphatic carbocycles. The van der Waals surface area contributed by atoms with Gasteiger partial charge < -0.3 is 14.8 Å². The SMILES string of the molecule is O=C(CN1CCCCC1C1OCCO1)NCCC1=CCCCC1. The summed E-state index contributed by atoms with van der Waals surface area (Å²) in [6.45, 7) is 3.55. The van der Waals surface area contributed by atoms with Crippen molar-refractivity contribution in [3.63, 3.8) is 0 Å². The normalized spacial score (nSPS) is 27.0.